The molecule has 0 saturated carbocycles. The predicted molar refractivity (Wildman–Crippen MR) is 95.3 cm³/mol. The molecule has 2 aromatic rings. The molecule has 1 amide bonds. The number of aryl methyl sites for hydroxylation is 1. The Kier molecular flexibility index (Phi) is 5.15. The highest BCUT2D eigenvalue weighted by Crippen LogP contribution is 2.27. The van der Waals surface area contributed by atoms with Gasteiger partial charge in [-0.15, -0.1) is 0 Å². The first kappa shape index (κ1) is 16.5. The minimum atomic E-state index is -0.0665. The summed E-state index contributed by atoms with van der Waals surface area (Å²) >= 11 is 0. The lowest BCUT2D eigenvalue weighted by molar-refractivity contribution is -0.114. The molecule has 1 aliphatic rings. The lowest BCUT2D eigenvalue weighted by Gasteiger charge is -2.26. The van der Waals surface area contributed by atoms with Crippen molar-refractivity contribution >= 4 is 17.4 Å². The van der Waals surface area contributed by atoms with E-state index in [-0.39, 0.29) is 5.91 Å². The molecule has 6 nitrogen and oxygen atoms in total. The SMILES string of the molecule is CCCn1nc(N2CCOCC2)cc1-c1cccc(NC(C)=O)c1. The molecule has 2 heterocycles. The number of amides is 1. The molecule has 1 aliphatic heterocycles. The Morgan fingerprint density at radius 1 is 1.29 bits per heavy atom. The van der Waals surface area contributed by atoms with Gasteiger partial charge in [0.1, 0.15) is 0 Å². The molecule has 0 aliphatic carbocycles. The topological polar surface area (TPSA) is 59.4 Å². The number of carbonyl (C=O) groups excluding carboxylic acids is 1. The molecule has 0 bridgehead atoms. The van der Waals surface area contributed by atoms with E-state index in [1.807, 2.05) is 18.2 Å². The van der Waals surface area contributed by atoms with Crippen molar-refractivity contribution in [3.63, 3.8) is 0 Å². The molecule has 128 valence electrons. The van der Waals surface area contributed by atoms with E-state index in [1.54, 1.807) is 0 Å². The largest absolute Gasteiger partial charge is 0.378 e. The van der Waals surface area contributed by atoms with Crippen molar-refractivity contribution in [2.75, 3.05) is 36.5 Å². The Hall–Kier alpha value is -2.34. The summed E-state index contributed by atoms with van der Waals surface area (Å²) < 4.78 is 7.48. The average Bonchev–Trinajstić information content (AvgIpc) is 3.00. The predicted octanol–water partition coefficient (Wildman–Crippen LogP) is 2.76. The highest BCUT2D eigenvalue weighted by molar-refractivity contribution is 5.89. The second kappa shape index (κ2) is 7.49. The number of anilines is 2. The van der Waals surface area contributed by atoms with Crippen LogP contribution in [0.5, 0.6) is 0 Å². The third-order valence-electron chi connectivity index (χ3n) is 4.02. The van der Waals surface area contributed by atoms with E-state index in [9.17, 15) is 4.79 Å². The van der Waals surface area contributed by atoms with Gasteiger partial charge in [0.2, 0.25) is 5.91 Å². The molecule has 0 spiro atoms. The first-order valence-electron chi connectivity index (χ1n) is 8.46. The number of hydrogen-bond acceptors (Lipinski definition) is 4. The van der Waals surface area contributed by atoms with Gasteiger partial charge < -0.3 is 15.0 Å². The first-order chi connectivity index (χ1) is 11.7. The second-order valence-corrected chi connectivity index (χ2v) is 5.97. The molecular weight excluding hydrogens is 304 g/mol. The number of morpholine rings is 1. The van der Waals surface area contributed by atoms with Crippen molar-refractivity contribution in [1.82, 2.24) is 9.78 Å². The van der Waals surface area contributed by atoms with Gasteiger partial charge in [0.15, 0.2) is 5.82 Å². The third kappa shape index (κ3) is 3.76. The summed E-state index contributed by atoms with van der Waals surface area (Å²) in [5, 5.41) is 7.63. The van der Waals surface area contributed by atoms with Crippen LogP contribution in [-0.4, -0.2) is 42.0 Å². The summed E-state index contributed by atoms with van der Waals surface area (Å²) in [4.78, 5) is 13.6. The second-order valence-electron chi connectivity index (χ2n) is 5.97. The van der Waals surface area contributed by atoms with Crippen LogP contribution in [0.3, 0.4) is 0 Å². The van der Waals surface area contributed by atoms with E-state index in [0.29, 0.717) is 0 Å². The smallest absolute Gasteiger partial charge is 0.221 e. The van der Waals surface area contributed by atoms with Crippen molar-refractivity contribution in [2.45, 2.75) is 26.8 Å². The van der Waals surface area contributed by atoms with Crippen molar-refractivity contribution in [2.24, 2.45) is 0 Å². The normalized spacial score (nSPS) is 14.7. The summed E-state index contributed by atoms with van der Waals surface area (Å²) in [6.07, 6.45) is 1.02. The van der Waals surface area contributed by atoms with Crippen molar-refractivity contribution in [1.29, 1.82) is 0 Å². The quantitative estimate of drug-likeness (QED) is 0.917. The van der Waals surface area contributed by atoms with Crippen LogP contribution in [0.15, 0.2) is 30.3 Å². The van der Waals surface area contributed by atoms with Crippen LogP contribution < -0.4 is 10.2 Å². The number of aromatic nitrogens is 2. The van der Waals surface area contributed by atoms with E-state index < -0.39 is 0 Å². The maximum atomic E-state index is 11.3. The minimum Gasteiger partial charge on any atom is -0.378 e. The highest BCUT2D eigenvalue weighted by atomic mass is 16.5. The molecule has 1 fully saturated rings. The molecule has 1 saturated heterocycles. The van der Waals surface area contributed by atoms with Crippen molar-refractivity contribution < 1.29 is 9.53 Å². The summed E-state index contributed by atoms with van der Waals surface area (Å²) in [7, 11) is 0. The zero-order valence-corrected chi connectivity index (χ0v) is 14.3. The summed E-state index contributed by atoms with van der Waals surface area (Å²) in [5.41, 5.74) is 2.93. The first-order valence-corrected chi connectivity index (χ1v) is 8.46. The van der Waals surface area contributed by atoms with Crippen LogP contribution in [0.2, 0.25) is 0 Å². The molecule has 3 rings (SSSR count). The number of nitrogens with one attached hydrogen (secondary N) is 1. The van der Waals surface area contributed by atoms with Crippen LogP contribution in [0.1, 0.15) is 20.3 Å². The van der Waals surface area contributed by atoms with Crippen LogP contribution in [0, 0.1) is 0 Å². The van der Waals surface area contributed by atoms with Crippen LogP contribution in [-0.2, 0) is 16.1 Å². The van der Waals surface area contributed by atoms with Gasteiger partial charge in [-0.2, -0.15) is 5.10 Å². The number of rotatable bonds is 5. The summed E-state index contributed by atoms with van der Waals surface area (Å²) in [6.45, 7) is 7.76. The lowest BCUT2D eigenvalue weighted by Crippen LogP contribution is -2.36. The van der Waals surface area contributed by atoms with Crippen molar-refractivity contribution in [3.8, 4) is 11.3 Å². The van der Waals surface area contributed by atoms with Crippen LogP contribution >= 0.6 is 0 Å². The number of carbonyl (C=O) groups is 1. The van der Waals surface area contributed by atoms with Gasteiger partial charge in [0.05, 0.1) is 18.9 Å². The Morgan fingerprint density at radius 3 is 2.79 bits per heavy atom. The molecule has 0 unspecified atom stereocenters. The van der Waals surface area contributed by atoms with Gasteiger partial charge in [-0.1, -0.05) is 19.1 Å². The van der Waals surface area contributed by atoms with Gasteiger partial charge in [0.25, 0.3) is 0 Å². The van der Waals surface area contributed by atoms with Gasteiger partial charge in [-0.25, -0.2) is 0 Å². The monoisotopic (exact) mass is 328 g/mol. The molecule has 0 atom stereocenters. The maximum absolute atomic E-state index is 11.3. The Morgan fingerprint density at radius 2 is 2.08 bits per heavy atom. The molecular formula is C18H24N4O2. The van der Waals surface area contributed by atoms with E-state index >= 15 is 0 Å². The van der Waals surface area contributed by atoms with E-state index in [0.717, 1.165) is 62.0 Å². The zero-order chi connectivity index (χ0) is 16.9. The number of nitrogens with zero attached hydrogens (tertiary/aromatic N) is 3. The van der Waals surface area contributed by atoms with Crippen LogP contribution in [0.4, 0.5) is 11.5 Å². The molecule has 1 N–H and O–H groups in total. The van der Waals surface area contributed by atoms with Crippen LogP contribution in [0.25, 0.3) is 11.3 Å². The minimum absolute atomic E-state index is 0.0665. The molecule has 1 aromatic carbocycles. The standard InChI is InChI=1S/C18H24N4O2/c1-3-7-22-17(13-18(20-22)21-8-10-24-11-9-21)15-5-4-6-16(12-15)19-14(2)23/h4-6,12-13H,3,7-11H2,1-2H3,(H,19,23). The summed E-state index contributed by atoms with van der Waals surface area (Å²) in [6, 6.07) is 10.0. The zero-order valence-electron chi connectivity index (χ0n) is 14.3. The van der Waals surface area contributed by atoms with Gasteiger partial charge in [-0.3, -0.25) is 9.48 Å². The third-order valence-corrected chi connectivity index (χ3v) is 4.02. The maximum Gasteiger partial charge on any atom is 0.221 e. The average molecular weight is 328 g/mol. The highest BCUT2D eigenvalue weighted by Gasteiger charge is 2.17. The molecule has 24 heavy (non-hydrogen) atoms. The van der Waals surface area contributed by atoms with Gasteiger partial charge in [0, 0.05) is 43.9 Å². The Balaban J connectivity index is 1.93. The van der Waals surface area contributed by atoms with E-state index in [1.165, 1.54) is 6.92 Å². The molecule has 1 aromatic heterocycles. The number of benzene rings is 1. The van der Waals surface area contributed by atoms with Crippen molar-refractivity contribution in [3.05, 3.63) is 30.3 Å². The van der Waals surface area contributed by atoms with E-state index in [2.05, 4.69) is 34.0 Å². The number of hydrogen-bond donors (Lipinski definition) is 1. The number of ether oxygens (including phenoxy) is 1. The van der Waals surface area contributed by atoms with E-state index in [4.69, 9.17) is 9.84 Å². The lowest BCUT2D eigenvalue weighted by atomic mass is 10.1. The summed E-state index contributed by atoms with van der Waals surface area (Å²) in [5.74, 6) is 0.926. The van der Waals surface area contributed by atoms with Gasteiger partial charge >= 0.3 is 0 Å². The fourth-order valence-electron chi connectivity index (χ4n) is 2.92. The molecule has 6 heteroatoms. The Labute approximate surface area is 142 Å². The fraction of sp³-hybridized carbons (Fsp3) is 0.444. The Bertz CT molecular complexity index is 705. The molecule has 0 radical (unpaired) electrons. The van der Waals surface area contributed by atoms with Gasteiger partial charge in [-0.05, 0) is 18.6 Å². The fourth-order valence-corrected chi connectivity index (χ4v) is 2.92.